The molecule has 28 heavy (non-hydrogen) atoms. The van der Waals surface area contributed by atoms with E-state index in [0.717, 1.165) is 60.0 Å². The Morgan fingerprint density at radius 1 is 1.07 bits per heavy atom. The third-order valence-corrected chi connectivity index (χ3v) is 5.43. The van der Waals surface area contributed by atoms with E-state index in [9.17, 15) is 4.79 Å². The molecule has 1 aromatic carbocycles. The number of benzene rings is 1. The minimum absolute atomic E-state index is 0.0453. The predicted octanol–water partition coefficient (Wildman–Crippen LogP) is 2.92. The lowest BCUT2D eigenvalue weighted by molar-refractivity contribution is 0.312. The van der Waals surface area contributed by atoms with Crippen LogP contribution in [0.4, 0.5) is 5.69 Å². The van der Waals surface area contributed by atoms with E-state index in [4.69, 9.17) is 4.52 Å². The monoisotopic (exact) mass is 378 g/mol. The quantitative estimate of drug-likeness (QED) is 0.699. The first-order valence-corrected chi connectivity index (χ1v) is 9.68. The van der Waals surface area contributed by atoms with Crippen molar-refractivity contribution in [2.45, 2.75) is 20.4 Å². The lowest BCUT2D eigenvalue weighted by Gasteiger charge is -2.34. The zero-order valence-electron chi connectivity index (χ0n) is 16.7. The summed E-state index contributed by atoms with van der Waals surface area (Å²) in [6.45, 7) is 7.99. The Hall–Kier alpha value is -2.86. The highest BCUT2D eigenvalue weighted by atomic mass is 16.5. The molecule has 2 aromatic heterocycles. The van der Waals surface area contributed by atoms with E-state index in [0.29, 0.717) is 6.54 Å². The maximum Gasteiger partial charge on any atom is 0.274 e. The summed E-state index contributed by atoms with van der Waals surface area (Å²) in [6.07, 6.45) is 1.93. The van der Waals surface area contributed by atoms with Crippen molar-refractivity contribution in [1.82, 2.24) is 14.6 Å². The molecule has 0 saturated carbocycles. The van der Waals surface area contributed by atoms with Gasteiger partial charge in [0.05, 0.1) is 12.2 Å². The maximum atomic E-state index is 13.3. The highest BCUT2D eigenvalue weighted by Gasteiger charge is 2.21. The molecule has 1 aliphatic rings. The number of piperazine rings is 1. The molecule has 1 fully saturated rings. The zero-order valence-corrected chi connectivity index (χ0v) is 16.7. The molecule has 146 valence electrons. The number of hydrogen-bond acceptors (Lipinski definition) is 5. The Labute approximate surface area is 165 Å². The van der Waals surface area contributed by atoms with Crippen LogP contribution in [0, 0.1) is 13.8 Å². The van der Waals surface area contributed by atoms with Gasteiger partial charge >= 0.3 is 0 Å². The molecule has 0 atom stereocenters. The minimum Gasteiger partial charge on any atom is -0.364 e. The molecule has 0 aliphatic carbocycles. The summed E-state index contributed by atoms with van der Waals surface area (Å²) in [5.74, 6) is 0.770. The van der Waals surface area contributed by atoms with Crippen molar-refractivity contribution in [1.29, 1.82) is 0 Å². The molecule has 3 heterocycles. The normalized spacial score (nSPS) is 15.2. The van der Waals surface area contributed by atoms with Crippen LogP contribution in [0.2, 0.25) is 0 Å². The highest BCUT2D eigenvalue weighted by Crippen LogP contribution is 2.29. The average molecular weight is 378 g/mol. The molecule has 0 radical (unpaired) electrons. The first-order chi connectivity index (χ1) is 13.5. The fourth-order valence-corrected chi connectivity index (χ4v) is 3.82. The van der Waals surface area contributed by atoms with Crippen molar-refractivity contribution in [3.8, 4) is 11.1 Å². The fraction of sp³-hybridized carbons (Fsp3) is 0.364. The van der Waals surface area contributed by atoms with Gasteiger partial charge in [-0.1, -0.05) is 35.5 Å². The molecule has 3 aromatic rings. The smallest absolute Gasteiger partial charge is 0.274 e. The van der Waals surface area contributed by atoms with Crippen molar-refractivity contribution in [2.24, 2.45) is 0 Å². The fourth-order valence-electron chi connectivity index (χ4n) is 3.82. The Morgan fingerprint density at radius 3 is 2.43 bits per heavy atom. The van der Waals surface area contributed by atoms with Crippen molar-refractivity contribution >= 4 is 5.69 Å². The summed E-state index contributed by atoms with van der Waals surface area (Å²) in [5.41, 5.74) is 4.68. The number of pyridine rings is 1. The lowest BCUT2D eigenvalue weighted by atomic mass is 10.0. The van der Waals surface area contributed by atoms with Gasteiger partial charge in [0.2, 0.25) is 0 Å². The molecular weight excluding hydrogens is 352 g/mol. The van der Waals surface area contributed by atoms with Crippen LogP contribution in [0.3, 0.4) is 0 Å². The van der Waals surface area contributed by atoms with Gasteiger partial charge in [-0.2, -0.15) is 0 Å². The molecule has 0 N–H and O–H groups in total. The molecule has 6 heteroatoms. The first-order valence-electron chi connectivity index (χ1n) is 9.68. The molecule has 1 aliphatic heterocycles. The highest BCUT2D eigenvalue weighted by molar-refractivity contribution is 5.70. The van der Waals surface area contributed by atoms with Gasteiger partial charge in [-0.25, -0.2) is 0 Å². The molecule has 0 spiro atoms. The van der Waals surface area contributed by atoms with E-state index in [1.165, 1.54) is 0 Å². The van der Waals surface area contributed by atoms with Gasteiger partial charge in [-0.15, -0.1) is 0 Å². The number of rotatable bonds is 4. The van der Waals surface area contributed by atoms with E-state index < -0.39 is 0 Å². The van der Waals surface area contributed by atoms with E-state index in [-0.39, 0.29) is 5.56 Å². The van der Waals surface area contributed by atoms with E-state index in [1.807, 2.05) is 61.0 Å². The van der Waals surface area contributed by atoms with E-state index in [1.54, 1.807) is 0 Å². The Bertz CT molecular complexity index is 995. The predicted molar refractivity (Wildman–Crippen MR) is 111 cm³/mol. The standard InChI is InChI=1S/C22H26N4O2/c1-16-21(17(2)28-23-16)19-13-20(25-11-9-24(3)10-12-25)22(27)26(15-19)14-18-7-5-4-6-8-18/h4-8,13,15H,9-12,14H2,1-3H3. The Balaban J connectivity index is 1.82. The number of likely N-dealkylation sites (N-methyl/N-ethyl adjacent to an activating group) is 1. The summed E-state index contributed by atoms with van der Waals surface area (Å²) in [7, 11) is 2.12. The SMILES string of the molecule is Cc1noc(C)c1-c1cc(N2CCN(C)CC2)c(=O)n(Cc2ccccc2)c1. The van der Waals surface area contributed by atoms with Crippen LogP contribution >= 0.6 is 0 Å². The summed E-state index contributed by atoms with van der Waals surface area (Å²) in [5, 5.41) is 4.10. The van der Waals surface area contributed by atoms with Crippen molar-refractivity contribution < 1.29 is 4.52 Å². The molecular formula is C22H26N4O2. The molecule has 4 rings (SSSR count). The van der Waals surface area contributed by atoms with E-state index in [2.05, 4.69) is 22.0 Å². The second-order valence-corrected chi connectivity index (χ2v) is 7.52. The summed E-state index contributed by atoms with van der Waals surface area (Å²) >= 11 is 0. The van der Waals surface area contributed by atoms with Gasteiger partial charge in [-0.05, 0) is 32.5 Å². The van der Waals surface area contributed by atoms with Crippen LogP contribution in [-0.2, 0) is 6.54 Å². The average Bonchev–Trinajstić information content (AvgIpc) is 3.03. The Kier molecular flexibility index (Phi) is 5.05. The van der Waals surface area contributed by atoms with Crippen LogP contribution < -0.4 is 10.5 Å². The van der Waals surface area contributed by atoms with Crippen LogP contribution in [0.1, 0.15) is 17.0 Å². The number of nitrogens with zero attached hydrogens (tertiary/aromatic N) is 4. The van der Waals surface area contributed by atoms with Crippen LogP contribution in [0.25, 0.3) is 11.1 Å². The number of aromatic nitrogens is 2. The van der Waals surface area contributed by atoms with Gasteiger partial charge in [0.25, 0.3) is 5.56 Å². The van der Waals surface area contributed by atoms with Gasteiger partial charge < -0.3 is 18.9 Å². The molecule has 0 amide bonds. The summed E-state index contributed by atoms with van der Waals surface area (Å²) in [6, 6.07) is 12.1. The largest absolute Gasteiger partial charge is 0.364 e. The molecule has 0 bridgehead atoms. The number of aryl methyl sites for hydroxylation is 2. The van der Waals surface area contributed by atoms with Crippen LogP contribution in [0.5, 0.6) is 0 Å². The third-order valence-electron chi connectivity index (χ3n) is 5.43. The van der Waals surface area contributed by atoms with Gasteiger partial charge in [0, 0.05) is 43.5 Å². The lowest BCUT2D eigenvalue weighted by Crippen LogP contribution is -2.46. The summed E-state index contributed by atoms with van der Waals surface area (Å²) in [4.78, 5) is 17.8. The second-order valence-electron chi connectivity index (χ2n) is 7.52. The minimum atomic E-state index is 0.0453. The summed E-state index contributed by atoms with van der Waals surface area (Å²) < 4.78 is 7.19. The topological polar surface area (TPSA) is 54.5 Å². The number of hydrogen-bond donors (Lipinski definition) is 0. The van der Waals surface area contributed by atoms with Gasteiger partial charge in [0.1, 0.15) is 11.4 Å². The number of anilines is 1. The third kappa shape index (κ3) is 3.60. The Morgan fingerprint density at radius 2 is 1.79 bits per heavy atom. The van der Waals surface area contributed by atoms with Crippen LogP contribution in [0.15, 0.2) is 51.9 Å². The maximum absolute atomic E-state index is 13.3. The van der Waals surface area contributed by atoms with Crippen LogP contribution in [-0.4, -0.2) is 47.9 Å². The van der Waals surface area contributed by atoms with Crippen molar-refractivity contribution in [3.05, 3.63) is 70.0 Å². The molecule has 6 nitrogen and oxygen atoms in total. The van der Waals surface area contributed by atoms with Crippen molar-refractivity contribution in [2.75, 3.05) is 38.1 Å². The zero-order chi connectivity index (χ0) is 19.7. The van der Waals surface area contributed by atoms with Crippen molar-refractivity contribution in [3.63, 3.8) is 0 Å². The first kappa shape index (κ1) is 18.5. The molecule has 0 unspecified atom stereocenters. The van der Waals surface area contributed by atoms with Gasteiger partial charge in [-0.3, -0.25) is 4.79 Å². The molecule has 1 saturated heterocycles. The van der Waals surface area contributed by atoms with Gasteiger partial charge in [0.15, 0.2) is 0 Å². The second kappa shape index (κ2) is 7.64. The van der Waals surface area contributed by atoms with E-state index >= 15 is 0 Å².